The number of aromatic hydroxyl groups is 1. The van der Waals surface area contributed by atoms with E-state index in [1.165, 1.54) is 6.07 Å². The van der Waals surface area contributed by atoms with Crippen LogP contribution in [0.3, 0.4) is 0 Å². The summed E-state index contributed by atoms with van der Waals surface area (Å²) >= 11 is 0. The van der Waals surface area contributed by atoms with Crippen molar-refractivity contribution in [1.82, 2.24) is 4.98 Å². The van der Waals surface area contributed by atoms with Crippen molar-refractivity contribution < 1.29 is 19.9 Å². The molecule has 7 nitrogen and oxygen atoms in total. The van der Waals surface area contributed by atoms with E-state index in [2.05, 4.69) is 4.98 Å². The number of aliphatic carboxylic acids is 1. The lowest BCUT2D eigenvalue weighted by molar-refractivity contribution is -0.383. The molecule has 0 atom stereocenters. The number of aromatic amines is 1. The monoisotopic (exact) mass is 264 g/mol. The normalized spacial score (nSPS) is 10.8. The number of nitrogens with zero attached hydrogens (tertiary/aromatic N) is 1. The smallest absolute Gasteiger partial charge is 0.303 e. The highest BCUT2D eigenvalue weighted by molar-refractivity contribution is 5.94. The Balaban J connectivity index is 2.65. The van der Waals surface area contributed by atoms with Crippen molar-refractivity contribution in [2.24, 2.45) is 0 Å². The van der Waals surface area contributed by atoms with Crippen LogP contribution >= 0.6 is 0 Å². The molecule has 0 amide bonds. The summed E-state index contributed by atoms with van der Waals surface area (Å²) in [5.74, 6) is -1.17. The first-order valence-electron chi connectivity index (χ1n) is 5.60. The molecule has 7 heteroatoms. The third-order valence-electron chi connectivity index (χ3n) is 2.96. The van der Waals surface area contributed by atoms with E-state index in [-0.39, 0.29) is 24.3 Å². The molecule has 2 rings (SSSR count). The minimum absolute atomic E-state index is 0.105. The second-order valence-corrected chi connectivity index (χ2v) is 4.27. The number of nitro benzene ring substituents is 1. The van der Waals surface area contributed by atoms with Crippen LogP contribution in [0.4, 0.5) is 5.69 Å². The summed E-state index contributed by atoms with van der Waals surface area (Å²) in [6.07, 6.45) is 0.0958. The van der Waals surface area contributed by atoms with Gasteiger partial charge in [-0.2, -0.15) is 0 Å². The first-order valence-corrected chi connectivity index (χ1v) is 5.60. The molecule has 0 spiro atoms. The molecule has 0 fully saturated rings. The van der Waals surface area contributed by atoms with E-state index in [1.54, 1.807) is 6.92 Å². The fourth-order valence-corrected chi connectivity index (χ4v) is 2.18. The summed E-state index contributed by atoms with van der Waals surface area (Å²) in [6, 6.07) is 2.46. The Hall–Kier alpha value is -2.57. The van der Waals surface area contributed by atoms with Crippen LogP contribution in [0.5, 0.6) is 5.75 Å². The topological polar surface area (TPSA) is 116 Å². The molecule has 3 N–H and O–H groups in total. The number of benzene rings is 1. The van der Waals surface area contributed by atoms with Crippen LogP contribution in [-0.4, -0.2) is 26.1 Å². The predicted octanol–water partition coefficient (Wildman–Crippen LogP) is 2.11. The van der Waals surface area contributed by atoms with Crippen LogP contribution in [0.1, 0.15) is 17.7 Å². The van der Waals surface area contributed by atoms with Crippen molar-refractivity contribution in [3.63, 3.8) is 0 Å². The fourth-order valence-electron chi connectivity index (χ4n) is 2.18. The van der Waals surface area contributed by atoms with Crippen LogP contribution in [-0.2, 0) is 11.2 Å². The average molecular weight is 264 g/mol. The second kappa shape index (κ2) is 4.60. The molecule has 1 aromatic carbocycles. The van der Waals surface area contributed by atoms with Gasteiger partial charge in [-0.1, -0.05) is 0 Å². The number of rotatable bonds is 4. The Morgan fingerprint density at radius 2 is 2.16 bits per heavy atom. The summed E-state index contributed by atoms with van der Waals surface area (Å²) in [4.78, 5) is 24.0. The van der Waals surface area contributed by atoms with Gasteiger partial charge in [0.1, 0.15) is 5.75 Å². The lowest BCUT2D eigenvalue weighted by Gasteiger charge is -2.01. The maximum absolute atomic E-state index is 11.0. The molecular weight excluding hydrogens is 252 g/mol. The molecule has 1 heterocycles. The van der Waals surface area contributed by atoms with Crippen molar-refractivity contribution in [2.45, 2.75) is 19.8 Å². The molecule has 2 aromatic rings. The molecule has 0 unspecified atom stereocenters. The Kier molecular flexibility index (Phi) is 3.12. The largest absolute Gasteiger partial charge is 0.508 e. The van der Waals surface area contributed by atoms with E-state index in [9.17, 15) is 20.0 Å². The first-order chi connectivity index (χ1) is 8.90. The molecule has 0 saturated heterocycles. The van der Waals surface area contributed by atoms with Gasteiger partial charge in [-0.3, -0.25) is 14.9 Å². The Morgan fingerprint density at radius 1 is 1.47 bits per heavy atom. The number of hydrogen-bond acceptors (Lipinski definition) is 4. The van der Waals surface area contributed by atoms with E-state index in [0.717, 1.165) is 6.07 Å². The van der Waals surface area contributed by atoms with E-state index < -0.39 is 10.9 Å². The molecule has 0 aliphatic rings. The number of carboxylic acids is 1. The van der Waals surface area contributed by atoms with Crippen molar-refractivity contribution >= 4 is 22.6 Å². The van der Waals surface area contributed by atoms with Crippen molar-refractivity contribution in [2.75, 3.05) is 0 Å². The van der Waals surface area contributed by atoms with Crippen molar-refractivity contribution in [1.29, 1.82) is 0 Å². The lowest BCUT2D eigenvalue weighted by Crippen LogP contribution is -1.99. The molecule has 0 aliphatic carbocycles. The van der Waals surface area contributed by atoms with Crippen LogP contribution in [0, 0.1) is 17.0 Å². The Bertz CT molecular complexity index is 674. The second-order valence-electron chi connectivity index (χ2n) is 4.27. The highest BCUT2D eigenvalue weighted by atomic mass is 16.6. The van der Waals surface area contributed by atoms with Crippen LogP contribution in [0.25, 0.3) is 10.9 Å². The number of nitro groups is 1. The van der Waals surface area contributed by atoms with Crippen molar-refractivity contribution in [3.05, 3.63) is 33.5 Å². The maximum atomic E-state index is 11.0. The number of nitrogens with one attached hydrogen (secondary N) is 1. The van der Waals surface area contributed by atoms with Gasteiger partial charge in [0.2, 0.25) is 0 Å². The van der Waals surface area contributed by atoms with Gasteiger partial charge in [-0.15, -0.1) is 0 Å². The van der Waals surface area contributed by atoms with E-state index in [0.29, 0.717) is 22.2 Å². The Morgan fingerprint density at radius 3 is 2.74 bits per heavy atom. The summed E-state index contributed by atoms with van der Waals surface area (Å²) in [5, 5.41) is 29.6. The number of aryl methyl sites for hydroxylation is 2. The number of phenols is 1. The van der Waals surface area contributed by atoms with Gasteiger partial charge < -0.3 is 15.2 Å². The third kappa shape index (κ3) is 2.35. The zero-order chi connectivity index (χ0) is 14.2. The molecule has 0 bridgehead atoms. The van der Waals surface area contributed by atoms with Gasteiger partial charge in [-0.25, -0.2) is 0 Å². The number of carboxylic acid groups (broad SMARTS) is 1. The van der Waals surface area contributed by atoms with Gasteiger partial charge in [0.05, 0.1) is 21.9 Å². The van der Waals surface area contributed by atoms with Gasteiger partial charge >= 0.3 is 5.97 Å². The Labute approximate surface area is 107 Å². The molecule has 0 saturated carbocycles. The van der Waals surface area contributed by atoms with Gasteiger partial charge in [0, 0.05) is 18.2 Å². The zero-order valence-electron chi connectivity index (χ0n) is 10.1. The van der Waals surface area contributed by atoms with Crippen LogP contribution in [0.15, 0.2) is 12.1 Å². The molecule has 100 valence electrons. The van der Waals surface area contributed by atoms with Gasteiger partial charge in [0.25, 0.3) is 5.69 Å². The molecule has 19 heavy (non-hydrogen) atoms. The number of fused-ring (bicyclic) bond motifs is 1. The zero-order valence-corrected chi connectivity index (χ0v) is 10.1. The molecule has 0 radical (unpaired) electrons. The number of hydrogen-bond donors (Lipinski definition) is 3. The van der Waals surface area contributed by atoms with E-state index in [4.69, 9.17) is 5.11 Å². The van der Waals surface area contributed by atoms with E-state index in [1.807, 2.05) is 0 Å². The SMILES string of the molecule is Cc1[nH]c2cc(O)cc([N+](=O)[O-])c2c1CCC(=O)O. The number of H-pyrrole nitrogens is 1. The number of aromatic nitrogens is 1. The predicted molar refractivity (Wildman–Crippen MR) is 67.3 cm³/mol. The standard InChI is InChI=1S/C12H12N2O5/c1-6-8(2-3-11(16)17)12-9(13-6)4-7(15)5-10(12)14(18)19/h4-5,13,15H,2-3H2,1H3,(H,16,17). The molecule has 0 aliphatic heterocycles. The minimum atomic E-state index is -0.963. The maximum Gasteiger partial charge on any atom is 0.303 e. The quantitative estimate of drug-likeness (QED) is 0.577. The summed E-state index contributed by atoms with van der Waals surface area (Å²) in [7, 11) is 0. The summed E-state index contributed by atoms with van der Waals surface area (Å²) < 4.78 is 0. The highest BCUT2D eigenvalue weighted by Gasteiger charge is 2.21. The van der Waals surface area contributed by atoms with Gasteiger partial charge in [0.15, 0.2) is 0 Å². The fraction of sp³-hybridized carbons (Fsp3) is 0.250. The lowest BCUT2D eigenvalue weighted by atomic mass is 10.0. The number of carbonyl (C=O) groups is 1. The van der Waals surface area contributed by atoms with Crippen LogP contribution in [0.2, 0.25) is 0 Å². The number of non-ortho nitro benzene ring substituents is 1. The van der Waals surface area contributed by atoms with Crippen LogP contribution < -0.4 is 0 Å². The van der Waals surface area contributed by atoms with Crippen molar-refractivity contribution in [3.8, 4) is 5.75 Å². The highest BCUT2D eigenvalue weighted by Crippen LogP contribution is 2.35. The minimum Gasteiger partial charge on any atom is -0.508 e. The summed E-state index contributed by atoms with van der Waals surface area (Å²) in [6.45, 7) is 1.72. The summed E-state index contributed by atoms with van der Waals surface area (Å²) in [5.41, 5.74) is 1.48. The molecular formula is C12H12N2O5. The van der Waals surface area contributed by atoms with Gasteiger partial charge in [-0.05, 0) is 18.9 Å². The van der Waals surface area contributed by atoms with E-state index >= 15 is 0 Å². The number of phenolic OH excluding ortho intramolecular Hbond substituents is 1. The molecule has 1 aromatic heterocycles. The first kappa shape index (κ1) is 12.9. The third-order valence-corrected chi connectivity index (χ3v) is 2.96. The average Bonchev–Trinajstić information content (AvgIpc) is 2.60.